The number of alkyl halides is 1. The second-order valence-corrected chi connectivity index (χ2v) is 14.9. The van der Waals surface area contributed by atoms with E-state index in [1.807, 2.05) is 38.2 Å². The van der Waals surface area contributed by atoms with Gasteiger partial charge in [0.1, 0.15) is 0 Å². The number of amides is 2. The number of rotatable bonds is 9. The summed E-state index contributed by atoms with van der Waals surface area (Å²) in [6.07, 6.45) is 10.1. The van der Waals surface area contributed by atoms with Gasteiger partial charge in [-0.2, -0.15) is 10.2 Å². The van der Waals surface area contributed by atoms with Crippen molar-refractivity contribution >= 4 is 71.0 Å². The monoisotopic (exact) mass is 846 g/mol. The first-order valence-electron chi connectivity index (χ1n) is 15.4. The summed E-state index contributed by atoms with van der Waals surface area (Å²) in [6, 6.07) is 11.0. The van der Waals surface area contributed by atoms with Crippen molar-refractivity contribution in [2.75, 3.05) is 22.0 Å². The Balaban J connectivity index is 1.40. The Labute approximate surface area is 293 Å². The molecule has 6 N–H and O–H groups in total. The summed E-state index contributed by atoms with van der Waals surface area (Å²) in [5.74, 6) is 0.676. The van der Waals surface area contributed by atoms with E-state index < -0.39 is 26.6 Å². The van der Waals surface area contributed by atoms with Crippen molar-refractivity contribution in [3.8, 4) is 11.3 Å². The molecule has 3 heterocycles. The number of hydrogen-bond acceptors (Lipinski definition) is 8. The molecule has 1 aliphatic heterocycles. The van der Waals surface area contributed by atoms with Gasteiger partial charge in [-0.1, -0.05) is 53.9 Å². The lowest BCUT2D eigenvalue weighted by atomic mass is 9.65. The van der Waals surface area contributed by atoms with Crippen molar-refractivity contribution in [1.29, 1.82) is 0 Å². The van der Waals surface area contributed by atoms with E-state index in [1.165, 1.54) is 0 Å². The standard InChI is InChI=1S/C34H40I2N8O2/c1-19(2)42-33(45)21-4-5-26(36-3)25(15-21)29-7-6-27(37)32(43-29)34(46)44-30-18-39-11-10-24(30)22-14-23(17-35)31(28(38)16-22)20-8-12-40-41-13-9-20/h4-8,10-12,15,18-20,22-23,28,31H,3,9,13-14,16-17,37-38H2,1-2H3,(H,42,45)(H,44,46)/t20?,22-,23-,28-,31+/m1/s1. The molecule has 0 radical (unpaired) electrons. The van der Waals surface area contributed by atoms with Gasteiger partial charge in [-0.3, -0.25) is 14.6 Å². The molecule has 2 amide bonds. The van der Waals surface area contributed by atoms with E-state index in [0.717, 1.165) is 38.4 Å². The number of carbonyl (C=O) groups excluding carboxylic acids is 2. The number of hydrogen-bond donors (Lipinski definition) is 4. The lowest BCUT2D eigenvalue weighted by Crippen LogP contribution is -2.45. The van der Waals surface area contributed by atoms with E-state index >= 15 is 0 Å². The third kappa shape index (κ3) is 7.88. The number of benzene rings is 1. The number of anilines is 2. The molecule has 5 atom stereocenters. The number of allylic oxidation sites excluding steroid dienone is 1. The van der Waals surface area contributed by atoms with E-state index in [4.69, 9.17) is 16.5 Å². The SMILES string of the molecule is C=Ic1ccc(C(=O)NC(C)C)cc1-c1ccc(N)c(C(=O)Nc2cnccc2[C@@H]2C[C@H](CI)[C@H](C3C=CN=NCC3)[C@H](N)C2)n1. The van der Waals surface area contributed by atoms with Gasteiger partial charge < -0.3 is 22.1 Å². The van der Waals surface area contributed by atoms with Crippen molar-refractivity contribution in [2.24, 2.45) is 33.7 Å². The van der Waals surface area contributed by atoms with E-state index in [2.05, 4.69) is 59.0 Å². The van der Waals surface area contributed by atoms with Crippen LogP contribution in [-0.2, 0) is 0 Å². The fraction of sp³-hybridized carbons (Fsp3) is 0.382. The van der Waals surface area contributed by atoms with E-state index in [-0.39, 0.29) is 35.3 Å². The second kappa shape index (κ2) is 15.7. The highest BCUT2D eigenvalue weighted by atomic mass is 127. The molecule has 46 heavy (non-hydrogen) atoms. The van der Waals surface area contributed by atoms with E-state index in [9.17, 15) is 9.59 Å². The maximum atomic E-state index is 13.8. The molecule has 10 nitrogen and oxygen atoms in total. The van der Waals surface area contributed by atoms with Crippen LogP contribution in [0.25, 0.3) is 11.3 Å². The lowest BCUT2D eigenvalue weighted by Gasteiger charge is -2.43. The molecule has 1 fully saturated rings. The van der Waals surface area contributed by atoms with Gasteiger partial charge >= 0.3 is 0 Å². The number of carbonyl (C=O) groups is 2. The van der Waals surface area contributed by atoms with Gasteiger partial charge in [-0.05, 0) is 98.7 Å². The summed E-state index contributed by atoms with van der Waals surface area (Å²) in [5, 5.41) is 14.3. The maximum absolute atomic E-state index is 13.8. The quantitative estimate of drug-likeness (QED) is 0.141. The summed E-state index contributed by atoms with van der Waals surface area (Å²) in [5.41, 5.74) is 17.1. The minimum atomic E-state index is -0.579. The average Bonchev–Trinajstić information content (AvgIpc) is 3.33. The smallest absolute Gasteiger partial charge is 0.276 e. The summed E-state index contributed by atoms with van der Waals surface area (Å²) < 4.78 is 6.15. The van der Waals surface area contributed by atoms with Crippen LogP contribution in [0, 0.1) is 21.3 Å². The normalized spacial score (nSPS) is 22.8. The number of nitrogens with one attached hydrogen (secondary N) is 2. The van der Waals surface area contributed by atoms with Gasteiger partial charge in [0.2, 0.25) is 0 Å². The first-order chi connectivity index (χ1) is 22.2. The molecule has 1 aromatic carbocycles. The second-order valence-electron chi connectivity index (χ2n) is 12.1. The zero-order chi connectivity index (χ0) is 32.8. The summed E-state index contributed by atoms with van der Waals surface area (Å²) >= 11 is 1.90. The third-order valence-corrected chi connectivity index (χ3v) is 11.6. The fourth-order valence-electron chi connectivity index (χ4n) is 6.59. The first-order valence-corrected chi connectivity index (χ1v) is 19.5. The molecule has 242 valence electrons. The average molecular weight is 847 g/mol. The molecule has 3 aromatic rings. The Kier molecular flexibility index (Phi) is 11.6. The van der Waals surface area contributed by atoms with Crippen LogP contribution in [0.15, 0.2) is 71.3 Å². The number of halogens is 2. The van der Waals surface area contributed by atoms with Crippen LogP contribution in [-0.4, -0.2) is 49.4 Å². The predicted octanol–water partition coefficient (Wildman–Crippen LogP) is 6.55. The van der Waals surface area contributed by atoms with Crippen LogP contribution < -0.4 is 22.1 Å². The van der Waals surface area contributed by atoms with Crippen LogP contribution in [0.3, 0.4) is 0 Å². The number of azo groups is 1. The Bertz CT molecular complexity index is 1660. The molecule has 0 saturated heterocycles. The Morgan fingerprint density at radius 2 is 1.98 bits per heavy atom. The molecule has 2 aromatic heterocycles. The third-order valence-electron chi connectivity index (χ3n) is 8.67. The molecular formula is C34H40I2N8O2. The molecule has 1 unspecified atom stereocenters. The van der Waals surface area contributed by atoms with Crippen molar-refractivity contribution in [2.45, 2.75) is 51.1 Å². The Morgan fingerprint density at radius 1 is 1.15 bits per heavy atom. The van der Waals surface area contributed by atoms with Gasteiger partial charge in [0, 0.05) is 43.6 Å². The van der Waals surface area contributed by atoms with E-state index in [1.54, 1.807) is 30.6 Å². The predicted molar refractivity (Wildman–Crippen MR) is 202 cm³/mol. The van der Waals surface area contributed by atoms with Gasteiger partial charge in [-0.15, -0.1) is 0 Å². The van der Waals surface area contributed by atoms with Gasteiger partial charge in [0.25, 0.3) is 11.8 Å². The molecule has 5 rings (SSSR count). The molecule has 0 bridgehead atoms. The highest BCUT2D eigenvalue weighted by Crippen LogP contribution is 2.45. The zero-order valence-corrected chi connectivity index (χ0v) is 30.3. The number of aromatic nitrogens is 2. The molecule has 12 heteroatoms. The zero-order valence-electron chi connectivity index (χ0n) is 26.0. The van der Waals surface area contributed by atoms with Crippen LogP contribution in [0.2, 0.25) is 0 Å². The lowest BCUT2D eigenvalue weighted by molar-refractivity contribution is 0.0942. The highest BCUT2D eigenvalue weighted by molar-refractivity contribution is 14.2. The maximum Gasteiger partial charge on any atom is 0.276 e. The molecule has 2 aliphatic rings. The molecule has 0 spiro atoms. The molecule has 1 aliphatic carbocycles. The van der Waals surface area contributed by atoms with Crippen molar-refractivity contribution in [3.63, 3.8) is 0 Å². The van der Waals surface area contributed by atoms with Crippen LogP contribution in [0.5, 0.6) is 0 Å². The number of pyridine rings is 2. The number of nitrogens with two attached hydrogens (primary N) is 2. The Morgan fingerprint density at radius 3 is 2.74 bits per heavy atom. The molecule has 1 saturated carbocycles. The van der Waals surface area contributed by atoms with Crippen molar-refractivity contribution in [3.05, 3.63) is 81.5 Å². The van der Waals surface area contributed by atoms with E-state index in [0.29, 0.717) is 41.2 Å². The van der Waals surface area contributed by atoms with Crippen molar-refractivity contribution in [1.82, 2.24) is 15.3 Å². The minimum Gasteiger partial charge on any atom is -0.397 e. The van der Waals surface area contributed by atoms with Crippen LogP contribution in [0.1, 0.15) is 65.4 Å². The largest absolute Gasteiger partial charge is 0.397 e. The van der Waals surface area contributed by atoms with Crippen LogP contribution >= 0.6 is 43.3 Å². The fourth-order valence-corrected chi connectivity index (χ4v) is 8.82. The minimum absolute atomic E-state index is 0.000390. The van der Waals surface area contributed by atoms with Crippen molar-refractivity contribution < 1.29 is 9.59 Å². The topological polar surface area (TPSA) is 161 Å². The summed E-state index contributed by atoms with van der Waals surface area (Å²) in [4.78, 5) is 35.6. The number of nitrogen functional groups attached to an aromatic ring is 1. The summed E-state index contributed by atoms with van der Waals surface area (Å²) in [6.45, 7) is 4.55. The van der Waals surface area contributed by atoms with Gasteiger partial charge in [0.05, 0.1) is 29.8 Å². The van der Waals surface area contributed by atoms with Crippen LogP contribution in [0.4, 0.5) is 11.4 Å². The first kappa shape index (κ1) is 34.2. The number of nitrogens with zero attached hydrogens (tertiary/aromatic N) is 4. The Hall–Kier alpha value is -3.11. The molecular weight excluding hydrogens is 806 g/mol. The van der Waals surface area contributed by atoms with Gasteiger partial charge in [-0.25, -0.2) is 4.98 Å². The highest BCUT2D eigenvalue weighted by Gasteiger charge is 2.40. The van der Waals surface area contributed by atoms with Gasteiger partial charge in [0.15, 0.2) is 5.69 Å². The summed E-state index contributed by atoms with van der Waals surface area (Å²) in [7, 11) is 0.